The Labute approximate surface area is 138 Å². The van der Waals surface area contributed by atoms with E-state index < -0.39 is 11.2 Å². The highest BCUT2D eigenvalue weighted by Gasteiger charge is 2.27. The number of Topliss-reactive ketones (excluding diaryl/α,β-unsaturated/α-hetero) is 1. The molecule has 2 rings (SSSR count). The van der Waals surface area contributed by atoms with Gasteiger partial charge in [-0.1, -0.05) is 26.8 Å². The fourth-order valence-corrected chi connectivity index (χ4v) is 1.82. The molecule has 8 nitrogen and oxygen atoms in total. The summed E-state index contributed by atoms with van der Waals surface area (Å²) in [4.78, 5) is 16.3. The van der Waals surface area contributed by atoms with Crippen LogP contribution >= 0.6 is 0 Å². The van der Waals surface area contributed by atoms with Gasteiger partial charge in [-0.2, -0.15) is 20.7 Å². The highest BCUT2D eigenvalue weighted by Crippen LogP contribution is 2.24. The van der Waals surface area contributed by atoms with Crippen molar-refractivity contribution in [2.24, 2.45) is 10.5 Å². The number of hydrogen-bond acceptors (Lipinski definition) is 7. The van der Waals surface area contributed by atoms with Crippen LogP contribution in [0.4, 0.5) is 5.82 Å². The van der Waals surface area contributed by atoms with Gasteiger partial charge in [0.1, 0.15) is 23.4 Å². The van der Waals surface area contributed by atoms with E-state index in [4.69, 9.17) is 5.26 Å². The van der Waals surface area contributed by atoms with Gasteiger partial charge in [-0.25, -0.2) is 0 Å². The predicted octanol–water partition coefficient (Wildman–Crippen LogP) is 2.25. The van der Waals surface area contributed by atoms with E-state index in [1.807, 2.05) is 6.07 Å². The van der Waals surface area contributed by atoms with Gasteiger partial charge in [-0.05, 0) is 12.1 Å². The van der Waals surface area contributed by atoms with E-state index >= 15 is 0 Å². The van der Waals surface area contributed by atoms with E-state index in [1.54, 1.807) is 51.2 Å². The number of aromatic amines is 1. The Morgan fingerprint density at radius 1 is 1.33 bits per heavy atom. The zero-order chi connectivity index (χ0) is 17.7. The molecular weight excluding hydrogens is 306 g/mol. The lowest BCUT2D eigenvalue weighted by atomic mass is 9.88. The highest BCUT2D eigenvalue weighted by molar-refractivity contribution is 6.47. The van der Waals surface area contributed by atoms with Gasteiger partial charge in [0.25, 0.3) is 0 Å². The van der Waals surface area contributed by atoms with E-state index in [1.165, 1.54) is 0 Å². The Hall–Kier alpha value is -3.52. The molecule has 0 atom stereocenters. The van der Waals surface area contributed by atoms with Crippen molar-refractivity contribution in [1.82, 2.24) is 15.2 Å². The number of hydrazone groups is 1. The highest BCUT2D eigenvalue weighted by atomic mass is 16.1. The number of carbonyl (C=O) groups is 1. The number of anilines is 1. The van der Waals surface area contributed by atoms with Crippen molar-refractivity contribution < 1.29 is 4.79 Å². The third-order valence-electron chi connectivity index (χ3n) is 3.07. The third kappa shape index (κ3) is 3.45. The first-order valence-corrected chi connectivity index (χ1v) is 7.07. The number of aromatic nitrogens is 3. The van der Waals surface area contributed by atoms with Crippen LogP contribution < -0.4 is 5.43 Å². The summed E-state index contributed by atoms with van der Waals surface area (Å²) < 4.78 is 0. The summed E-state index contributed by atoms with van der Waals surface area (Å²) in [7, 11) is 0. The van der Waals surface area contributed by atoms with Crippen LogP contribution in [0.2, 0.25) is 0 Å². The maximum atomic E-state index is 12.1. The van der Waals surface area contributed by atoms with Gasteiger partial charge in [0.05, 0.1) is 5.69 Å². The molecule has 120 valence electrons. The Balaban J connectivity index is 2.34. The molecule has 0 spiro atoms. The zero-order valence-corrected chi connectivity index (χ0v) is 13.5. The predicted molar refractivity (Wildman–Crippen MR) is 87.7 cm³/mol. The lowest BCUT2D eigenvalue weighted by Crippen LogP contribution is -2.28. The molecule has 0 radical (unpaired) electrons. The number of nitriles is 2. The van der Waals surface area contributed by atoms with E-state index in [0.29, 0.717) is 11.4 Å². The van der Waals surface area contributed by atoms with Gasteiger partial charge < -0.3 is 0 Å². The van der Waals surface area contributed by atoms with Crippen molar-refractivity contribution in [3.63, 3.8) is 0 Å². The molecular formula is C16H15N7O. The largest absolute Gasteiger partial charge is 0.291 e. The Bertz CT molecular complexity index is 861. The summed E-state index contributed by atoms with van der Waals surface area (Å²) in [6.45, 7) is 5.07. The number of hydrogen-bond donors (Lipinski definition) is 2. The van der Waals surface area contributed by atoms with Gasteiger partial charge in [0.2, 0.25) is 5.71 Å². The minimum absolute atomic E-state index is 0.118. The van der Waals surface area contributed by atoms with Crippen LogP contribution in [-0.2, 0) is 4.79 Å². The monoisotopic (exact) mass is 321 g/mol. The number of ketones is 1. The lowest BCUT2D eigenvalue weighted by Gasteiger charge is -2.14. The average molecular weight is 321 g/mol. The summed E-state index contributed by atoms with van der Waals surface area (Å²) in [6.07, 6.45) is 1.60. The van der Waals surface area contributed by atoms with E-state index in [2.05, 4.69) is 25.7 Å². The zero-order valence-electron chi connectivity index (χ0n) is 13.5. The Kier molecular flexibility index (Phi) is 4.71. The fraction of sp³-hybridized carbons (Fsp3) is 0.250. The molecule has 2 aromatic rings. The Morgan fingerprint density at radius 2 is 2.08 bits per heavy atom. The number of nitrogens with zero attached hydrogens (tertiary/aromatic N) is 5. The number of pyridine rings is 1. The second-order valence-electron chi connectivity index (χ2n) is 5.91. The molecule has 2 N–H and O–H groups in total. The van der Waals surface area contributed by atoms with E-state index in [-0.39, 0.29) is 17.1 Å². The van der Waals surface area contributed by atoms with Crippen molar-refractivity contribution in [2.75, 3.05) is 5.43 Å². The summed E-state index contributed by atoms with van der Waals surface area (Å²) >= 11 is 0. The molecule has 0 bridgehead atoms. The molecule has 0 amide bonds. The summed E-state index contributed by atoms with van der Waals surface area (Å²) in [5.74, 6) is -0.288. The van der Waals surface area contributed by atoms with Gasteiger partial charge in [-0.15, -0.1) is 0 Å². The second kappa shape index (κ2) is 6.71. The van der Waals surface area contributed by atoms with Crippen LogP contribution in [0, 0.1) is 28.1 Å². The molecule has 8 heteroatoms. The number of H-pyrrole nitrogens is 1. The first-order valence-electron chi connectivity index (χ1n) is 7.07. The first kappa shape index (κ1) is 16.8. The molecule has 0 fully saturated rings. The standard InChI is InChI=1S/C16H15N7O/c1-16(2,3)14(24)12(9-18)20-22-15-10(8-17)13(21-23-15)11-6-4-5-7-19-11/h4-7H,1-3H3,(H2,21,22,23). The van der Waals surface area contributed by atoms with Crippen molar-refractivity contribution in [1.29, 1.82) is 10.5 Å². The van der Waals surface area contributed by atoms with Gasteiger partial charge >= 0.3 is 0 Å². The van der Waals surface area contributed by atoms with Crippen LogP contribution in [0.5, 0.6) is 0 Å². The van der Waals surface area contributed by atoms with Crippen LogP contribution in [0.3, 0.4) is 0 Å². The molecule has 0 aliphatic heterocycles. The molecule has 0 saturated carbocycles. The van der Waals surface area contributed by atoms with Crippen LogP contribution in [0.15, 0.2) is 29.5 Å². The fourth-order valence-electron chi connectivity index (χ4n) is 1.82. The van der Waals surface area contributed by atoms with Gasteiger partial charge in [0, 0.05) is 11.6 Å². The second-order valence-corrected chi connectivity index (χ2v) is 5.91. The number of nitrogens with one attached hydrogen (secondary N) is 2. The van der Waals surface area contributed by atoms with Crippen molar-refractivity contribution in [3.8, 4) is 23.5 Å². The molecule has 0 aliphatic carbocycles. The summed E-state index contributed by atoms with van der Waals surface area (Å²) in [6, 6.07) is 9.04. The minimum atomic E-state index is -0.737. The molecule has 2 heterocycles. The molecule has 0 saturated heterocycles. The number of carbonyl (C=O) groups excluding carboxylic acids is 1. The van der Waals surface area contributed by atoms with Crippen LogP contribution in [0.1, 0.15) is 26.3 Å². The van der Waals surface area contributed by atoms with Crippen molar-refractivity contribution in [3.05, 3.63) is 30.0 Å². The topological polar surface area (TPSA) is 131 Å². The maximum Gasteiger partial charge on any atom is 0.204 e. The summed E-state index contributed by atoms with van der Waals surface area (Å²) in [5, 5.41) is 28.9. The molecule has 0 aliphatic rings. The number of rotatable bonds is 4. The van der Waals surface area contributed by atoms with Gasteiger partial charge in [0.15, 0.2) is 11.6 Å². The van der Waals surface area contributed by atoms with Crippen LogP contribution in [0.25, 0.3) is 11.4 Å². The smallest absolute Gasteiger partial charge is 0.204 e. The van der Waals surface area contributed by atoms with E-state index in [9.17, 15) is 10.1 Å². The average Bonchev–Trinajstić information content (AvgIpc) is 2.98. The maximum absolute atomic E-state index is 12.1. The minimum Gasteiger partial charge on any atom is -0.291 e. The molecule has 0 unspecified atom stereocenters. The van der Waals surface area contributed by atoms with Crippen LogP contribution in [-0.4, -0.2) is 26.7 Å². The molecule has 0 aromatic carbocycles. The van der Waals surface area contributed by atoms with Gasteiger partial charge in [-0.3, -0.25) is 20.3 Å². The quantitative estimate of drug-likeness (QED) is 0.656. The lowest BCUT2D eigenvalue weighted by molar-refractivity contribution is -0.119. The SMILES string of the molecule is CC(C)(C)C(=O)C(C#N)=NNc1n[nH]c(-c2ccccn2)c1C#N. The molecule has 24 heavy (non-hydrogen) atoms. The Morgan fingerprint density at radius 3 is 2.62 bits per heavy atom. The summed E-state index contributed by atoms with van der Waals surface area (Å²) in [5.41, 5.74) is 2.66. The molecule has 2 aromatic heterocycles. The van der Waals surface area contributed by atoms with Crippen molar-refractivity contribution in [2.45, 2.75) is 20.8 Å². The first-order chi connectivity index (χ1) is 11.4. The van der Waals surface area contributed by atoms with E-state index in [0.717, 1.165) is 0 Å². The normalized spacial score (nSPS) is 11.5. The third-order valence-corrected chi connectivity index (χ3v) is 3.07. The van der Waals surface area contributed by atoms with Crippen molar-refractivity contribution >= 4 is 17.3 Å².